The maximum absolute atomic E-state index is 8.01. The van der Waals surface area contributed by atoms with Crippen LogP contribution in [-0.4, -0.2) is 14.2 Å². The lowest BCUT2D eigenvalue weighted by molar-refractivity contribution is -0.648. The molecule has 3 aromatic heterocycles. The standard InChI is InChI=1S/C16H13N4/c1-18-14-9-12-6-4-8-17-20(12)16(14)19-10-11-5-2-3-7-13(11)15(18)19/h2-9H,10H2,1H3/q+1/i1D3. The summed E-state index contributed by atoms with van der Waals surface area (Å²) in [5, 5.41) is 4.40. The molecule has 0 spiro atoms. The topological polar surface area (TPSA) is 26.1 Å². The molecule has 1 aromatic carbocycles. The molecule has 96 valence electrons. The minimum absolute atomic E-state index is 0.660. The molecule has 20 heavy (non-hydrogen) atoms. The van der Waals surface area contributed by atoms with Crippen LogP contribution in [0.4, 0.5) is 0 Å². The fraction of sp³-hybridized carbons (Fsp3) is 0.125. The number of rotatable bonds is 0. The molecule has 4 nitrogen and oxygen atoms in total. The molecule has 0 unspecified atom stereocenters. The summed E-state index contributed by atoms with van der Waals surface area (Å²) in [6.07, 6.45) is 1.72. The first-order valence-corrected chi connectivity index (χ1v) is 6.55. The summed E-state index contributed by atoms with van der Waals surface area (Å²) >= 11 is 0. The molecule has 4 aromatic rings. The van der Waals surface area contributed by atoms with Gasteiger partial charge in [-0.1, -0.05) is 18.2 Å². The lowest BCUT2D eigenvalue weighted by Crippen LogP contribution is -2.32. The summed E-state index contributed by atoms with van der Waals surface area (Å²) in [7, 11) is 0. The van der Waals surface area contributed by atoms with Crippen molar-refractivity contribution >= 4 is 16.7 Å². The van der Waals surface area contributed by atoms with Gasteiger partial charge in [0.1, 0.15) is 5.52 Å². The fourth-order valence-corrected chi connectivity index (χ4v) is 3.20. The van der Waals surface area contributed by atoms with Gasteiger partial charge in [0.25, 0.3) is 5.65 Å². The monoisotopic (exact) mass is 264 g/mol. The van der Waals surface area contributed by atoms with Crippen LogP contribution in [0.1, 0.15) is 9.68 Å². The Labute approximate surface area is 119 Å². The van der Waals surface area contributed by atoms with Crippen molar-refractivity contribution in [3.63, 3.8) is 0 Å². The van der Waals surface area contributed by atoms with Gasteiger partial charge in [0.15, 0.2) is 5.52 Å². The Bertz CT molecular complexity index is 1090. The molecule has 0 radical (unpaired) electrons. The number of fused-ring (bicyclic) bond motifs is 7. The Morgan fingerprint density at radius 1 is 1.25 bits per heavy atom. The average molecular weight is 264 g/mol. The molecular weight excluding hydrogens is 248 g/mol. The van der Waals surface area contributed by atoms with E-state index in [-0.39, 0.29) is 0 Å². The molecule has 0 atom stereocenters. The molecule has 4 heterocycles. The molecule has 0 amide bonds. The highest BCUT2D eigenvalue weighted by molar-refractivity contribution is 5.82. The SMILES string of the molecule is [2H]C([2H])([2H])n1c2[n+](c3c1cc1cccnn13)Cc1ccccc1-2. The van der Waals surface area contributed by atoms with Crippen molar-refractivity contribution in [1.29, 1.82) is 0 Å². The largest absolute Gasteiger partial charge is 0.293 e. The first kappa shape index (κ1) is 7.85. The predicted molar refractivity (Wildman–Crippen MR) is 76.4 cm³/mol. The van der Waals surface area contributed by atoms with Gasteiger partial charge in [-0.15, -0.1) is 9.61 Å². The van der Waals surface area contributed by atoms with E-state index in [4.69, 9.17) is 4.11 Å². The van der Waals surface area contributed by atoms with Gasteiger partial charge in [-0.25, -0.2) is 4.57 Å². The second-order valence-electron chi connectivity index (χ2n) is 5.12. The summed E-state index contributed by atoms with van der Waals surface area (Å²) in [6.45, 7) is -1.59. The van der Waals surface area contributed by atoms with Crippen LogP contribution in [0.25, 0.3) is 28.1 Å². The molecule has 0 N–H and O–H groups in total. The second kappa shape index (κ2) is 3.28. The van der Waals surface area contributed by atoms with Crippen LogP contribution in [0.5, 0.6) is 0 Å². The summed E-state index contributed by atoms with van der Waals surface area (Å²) in [6, 6.07) is 13.6. The third-order valence-electron chi connectivity index (χ3n) is 4.04. The zero-order chi connectivity index (χ0) is 15.8. The van der Waals surface area contributed by atoms with Gasteiger partial charge in [-0.2, -0.15) is 0 Å². The highest BCUT2D eigenvalue weighted by Gasteiger charge is 2.32. The smallest absolute Gasteiger partial charge is 0.256 e. The summed E-state index contributed by atoms with van der Waals surface area (Å²) in [5.74, 6) is 0.727. The highest BCUT2D eigenvalue weighted by atomic mass is 15.3. The quantitative estimate of drug-likeness (QED) is 0.394. The van der Waals surface area contributed by atoms with Gasteiger partial charge in [0, 0.05) is 11.6 Å². The van der Waals surface area contributed by atoms with Gasteiger partial charge in [0.2, 0.25) is 5.82 Å². The van der Waals surface area contributed by atoms with E-state index in [1.165, 1.54) is 4.57 Å². The van der Waals surface area contributed by atoms with Crippen molar-refractivity contribution in [2.45, 2.75) is 6.54 Å². The van der Waals surface area contributed by atoms with E-state index in [1.54, 1.807) is 6.20 Å². The molecule has 1 aliphatic rings. The van der Waals surface area contributed by atoms with Crippen LogP contribution in [0.2, 0.25) is 0 Å². The maximum Gasteiger partial charge on any atom is 0.293 e. The molecule has 1 aliphatic heterocycles. The molecule has 0 aliphatic carbocycles. The average Bonchev–Trinajstić information content (AvgIpc) is 3.12. The van der Waals surface area contributed by atoms with Crippen LogP contribution >= 0.6 is 0 Å². The number of hydrogen-bond acceptors (Lipinski definition) is 1. The summed E-state index contributed by atoms with van der Waals surface area (Å²) in [5.41, 5.74) is 4.51. The maximum atomic E-state index is 8.01. The van der Waals surface area contributed by atoms with Crippen LogP contribution in [0, 0.1) is 0 Å². The van der Waals surface area contributed by atoms with Gasteiger partial charge >= 0.3 is 0 Å². The van der Waals surface area contributed by atoms with Crippen LogP contribution in [0.15, 0.2) is 48.7 Å². The molecule has 0 fully saturated rings. The second-order valence-corrected chi connectivity index (χ2v) is 5.12. The van der Waals surface area contributed by atoms with E-state index in [0.717, 1.165) is 28.1 Å². The predicted octanol–water partition coefficient (Wildman–Crippen LogP) is 2.14. The first-order chi connectivity index (χ1) is 11.1. The lowest BCUT2D eigenvalue weighted by Gasteiger charge is -1.96. The number of nitrogens with zero attached hydrogens (tertiary/aromatic N) is 4. The summed E-state index contributed by atoms with van der Waals surface area (Å²) in [4.78, 5) is 0. The van der Waals surface area contributed by atoms with Crippen LogP contribution in [-0.2, 0) is 13.5 Å². The number of benzene rings is 1. The zero-order valence-corrected chi connectivity index (χ0v) is 10.6. The van der Waals surface area contributed by atoms with E-state index in [1.807, 2.05) is 51.5 Å². The number of aryl methyl sites for hydroxylation is 1. The number of aromatic nitrogens is 4. The van der Waals surface area contributed by atoms with Crippen LogP contribution in [0.3, 0.4) is 0 Å². The first-order valence-electron chi connectivity index (χ1n) is 8.05. The Morgan fingerprint density at radius 3 is 3.15 bits per heavy atom. The molecule has 0 bridgehead atoms. The Balaban J connectivity index is 2.01. The van der Waals surface area contributed by atoms with E-state index in [0.29, 0.717) is 12.1 Å². The lowest BCUT2D eigenvalue weighted by atomic mass is 10.1. The fourth-order valence-electron chi connectivity index (χ4n) is 3.20. The number of hydrogen-bond donors (Lipinski definition) is 0. The molecule has 0 saturated carbocycles. The third kappa shape index (κ3) is 1.04. The molecule has 5 rings (SSSR count). The number of imidazole rings is 1. The molecule has 0 saturated heterocycles. The van der Waals surface area contributed by atoms with E-state index in [9.17, 15) is 0 Å². The van der Waals surface area contributed by atoms with Crippen LogP contribution < -0.4 is 4.57 Å². The van der Waals surface area contributed by atoms with E-state index in [2.05, 4.69) is 5.10 Å². The Morgan fingerprint density at radius 2 is 2.20 bits per heavy atom. The van der Waals surface area contributed by atoms with E-state index < -0.39 is 6.98 Å². The zero-order valence-electron chi connectivity index (χ0n) is 13.6. The minimum atomic E-state index is -2.25. The summed E-state index contributed by atoms with van der Waals surface area (Å²) < 4.78 is 29.3. The van der Waals surface area contributed by atoms with Crippen molar-refractivity contribution in [3.05, 3.63) is 54.2 Å². The van der Waals surface area contributed by atoms with Gasteiger partial charge in [-0.05, 0) is 18.2 Å². The molecule has 4 heteroatoms. The minimum Gasteiger partial charge on any atom is -0.256 e. The van der Waals surface area contributed by atoms with E-state index >= 15 is 0 Å². The molecular formula is C16H13N4+. The third-order valence-corrected chi connectivity index (χ3v) is 4.04. The van der Waals surface area contributed by atoms with Gasteiger partial charge in [0.05, 0.1) is 29.4 Å². The van der Waals surface area contributed by atoms with Crippen molar-refractivity contribution in [2.24, 2.45) is 6.98 Å². The van der Waals surface area contributed by atoms with Gasteiger partial charge in [-0.3, -0.25) is 4.57 Å². The Hall–Kier alpha value is -2.62. The highest BCUT2D eigenvalue weighted by Crippen LogP contribution is 2.31. The van der Waals surface area contributed by atoms with Crippen molar-refractivity contribution in [1.82, 2.24) is 14.2 Å². The van der Waals surface area contributed by atoms with Crippen molar-refractivity contribution in [3.8, 4) is 11.4 Å². The Kier molecular flexibility index (Phi) is 1.29. The van der Waals surface area contributed by atoms with Gasteiger partial charge < -0.3 is 0 Å². The normalized spacial score (nSPS) is 15.9. The van der Waals surface area contributed by atoms with Crippen molar-refractivity contribution < 1.29 is 8.68 Å². The van der Waals surface area contributed by atoms with Crippen molar-refractivity contribution in [2.75, 3.05) is 0 Å².